The minimum atomic E-state index is 0.661. The van der Waals surface area contributed by atoms with Crippen LogP contribution in [0.4, 0.5) is 0 Å². The molecule has 1 heteroatoms. The molecule has 7 heavy (non-hydrogen) atoms. The van der Waals surface area contributed by atoms with Crippen molar-refractivity contribution in [3.05, 3.63) is 0 Å². The Labute approximate surface area is 45.1 Å². The fourth-order valence-electron chi connectivity index (χ4n) is 0.955. The topological polar surface area (TPSA) is 14.1 Å². The number of hydrogen-bond acceptors (Lipinski definition) is 0. The van der Waals surface area contributed by atoms with Gasteiger partial charge in [-0.25, -0.2) is 5.32 Å². The molecular weight excluding hydrogens is 86.1 g/mol. The molecule has 1 saturated heterocycles. The summed E-state index contributed by atoms with van der Waals surface area (Å²) in [4.78, 5) is 0. The summed E-state index contributed by atoms with van der Waals surface area (Å²) in [5, 5.41) is 4.33. The lowest BCUT2D eigenvalue weighted by Gasteiger charge is -2.15. The van der Waals surface area contributed by atoms with E-state index in [0.717, 1.165) is 6.54 Å². The van der Waals surface area contributed by atoms with Crippen LogP contribution in [0.2, 0.25) is 0 Å². The van der Waals surface area contributed by atoms with E-state index in [9.17, 15) is 0 Å². The highest BCUT2D eigenvalue weighted by molar-refractivity contribution is 4.65. The third-order valence-electron chi connectivity index (χ3n) is 1.47. The van der Waals surface area contributed by atoms with E-state index in [2.05, 4.69) is 12.2 Å². The van der Waals surface area contributed by atoms with Crippen LogP contribution in [-0.4, -0.2) is 12.6 Å². The second kappa shape index (κ2) is 2.31. The zero-order chi connectivity index (χ0) is 5.11. The summed E-state index contributed by atoms with van der Waals surface area (Å²) in [6.45, 7) is 3.31. The molecule has 1 unspecified atom stereocenters. The molecule has 1 aliphatic heterocycles. The fraction of sp³-hybridized carbons (Fsp3) is 1.00. The van der Waals surface area contributed by atoms with E-state index in [-0.39, 0.29) is 0 Å². The van der Waals surface area contributed by atoms with Gasteiger partial charge < -0.3 is 0 Å². The van der Waals surface area contributed by atoms with E-state index in [1.54, 1.807) is 0 Å². The Hall–Kier alpha value is -0.0400. The van der Waals surface area contributed by atoms with Crippen LogP contribution in [0.1, 0.15) is 26.2 Å². The summed E-state index contributed by atoms with van der Waals surface area (Å²) >= 11 is 0. The quantitative estimate of drug-likeness (QED) is 0.431. The molecule has 0 N–H and O–H groups in total. The Bertz CT molecular complexity index is 46.1. The summed E-state index contributed by atoms with van der Waals surface area (Å²) in [6.07, 6.45) is 4.04. The lowest BCUT2D eigenvalue weighted by Crippen LogP contribution is -2.23. The molecule has 0 saturated carbocycles. The average molecular weight is 98.2 g/mol. The molecular formula is C6H12N. The number of piperidine rings is 1. The van der Waals surface area contributed by atoms with Crippen LogP contribution in [0.3, 0.4) is 0 Å². The second-order valence-electron chi connectivity index (χ2n) is 2.25. The van der Waals surface area contributed by atoms with Crippen molar-refractivity contribution in [2.45, 2.75) is 32.2 Å². The predicted molar refractivity (Wildman–Crippen MR) is 30.3 cm³/mol. The molecule has 0 aliphatic carbocycles. The van der Waals surface area contributed by atoms with E-state index < -0.39 is 0 Å². The molecule has 1 fully saturated rings. The van der Waals surface area contributed by atoms with Crippen molar-refractivity contribution in [1.29, 1.82) is 0 Å². The Kier molecular flexibility index (Phi) is 1.69. The van der Waals surface area contributed by atoms with Gasteiger partial charge in [0, 0.05) is 12.6 Å². The van der Waals surface area contributed by atoms with Crippen LogP contribution in [0.15, 0.2) is 0 Å². The number of hydrogen-bond donors (Lipinski definition) is 0. The molecule has 1 atom stereocenters. The minimum absolute atomic E-state index is 0.661. The summed E-state index contributed by atoms with van der Waals surface area (Å²) in [5.41, 5.74) is 0. The standard InChI is InChI=1S/C6H12N/c1-6-4-2-3-5-7-6/h6H,2-5H2,1H3. The van der Waals surface area contributed by atoms with Gasteiger partial charge in [0.15, 0.2) is 0 Å². The largest absolute Gasteiger partial charge is 0.239 e. The molecule has 0 aromatic carbocycles. The van der Waals surface area contributed by atoms with Crippen molar-refractivity contribution in [3.8, 4) is 0 Å². The van der Waals surface area contributed by atoms with Gasteiger partial charge in [-0.05, 0) is 19.8 Å². The van der Waals surface area contributed by atoms with E-state index >= 15 is 0 Å². The van der Waals surface area contributed by atoms with Gasteiger partial charge >= 0.3 is 0 Å². The first-order valence-corrected chi connectivity index (χ1v) is 3.06. The van der Waals surface area contributed by atoms with Crippen molar-refractivity contribution in [3.63, 3.8) is 0 Å². The molecule has 0 aromatic rings. The van der Waals surface area contributed by atoms with Crippen molar-refractivity contribution in [2.75, 3.05) is 6.54 Å². The van der Waals surface area contributed by atoms with Crippen LogP contribution < -0.4 is 5.32 Å². The predicted octanol–water partition coefficient (Wildman–Crippen LogP) is 1.16. The molecule has 1 heterocycles. The van der Waals surface area contributed by atoms with Gasteiger partial charge in [0.05, 0.1) is 0 Å². The van der Waals surface area contributed by atoms with E-state index in [4.69, 9.17) is 0 Å². The van der Waals surface area contributed by atoms with Crippen LogP contribution in [0.5, 0.6) is 0 Å². The Balaban J connectivity index is 2.12. The molecule has 0 bridgehead atoms. The molecule has 1 aliphatic rings. The highest BCUT2D eigenvalue weighted by Gasteiger charge is 2.06. The van der Waals surface area contributed by atoms with Crippen molar-refractivity contribution >= 4 is 0 Å². The average Bonchev–Trinajstić information content (AvgIpc) is 1.69. The SMILES string of the molecule is CC1CCCC[N]1. The number of rotatable bonds is 0. The Morgan fingerprint density at radius 1 is 1.43 bits per heavy atom. The molecule has 1 nitrogen and oxygen atoms in total. The molecule has 0 amide bonds. The van der Waals surface area contributed by atoms with E-state index in [0.29, 0.717) is 6.04 Å². The monoisotopic (exact) mass is 98.1 g/mol. The van der Waals surface area contributed by atoms with Crippen LogP contribution in [0.25, 0.3) is 0 Å². The van der Waals surface area contributed by atoms with Gasteiger partial charge in [-0.15, -0.1) is 0 Å². The lowest BCUT2D eigenvalue weighted by molar-refractivity contribution is 0.416. The normalized spacial score (nSPS) is 33.0. The van der Waals surface area contributed by atoms with Crippen LogP contribution in [-0.2, 0) is 0 Å². The van der Waals surface area contributed by atoms with Crippen molar-refractivity contribution < 1.29 is 0 Å². The third-order valence-corrected chi connectivity index (χ3v) is 1.47. The molecule has 41 valence electrons. The summed E-state index contributed by atoms with van der Waals surface area (Å²) < 4.78 is 0. The number of nitrogens with zero attached hydrogens (tertiary/aromatic N) is 1. The van der Waals surface area contributed by atoms with Crippen LogP contribution >= 0.6 is 0 Å². The first-order chi connectivity index (χ1) is 3.39. The van der Waals surface area contributed by atoms with Crippen molar-refractivity contribution in [2.24, 2.45) is 0 Å². The highest BCUT2D eigenvalue weighted by atomic mass is 14.9. The summed E-state index contributed by atoms with van der Waals surface area (Å²) in [5.74, 6) is 0. The van der Waals surface area contributed by atoms with Gasteiger partial charge in [0.1, 0.15) is 0 Å². The summed E-state index contributed by atoms with van der Waals surface area (Å²) in [6, 6.07) is 0.661. The van der Waals surface area contributed by atoms with Gasteiger partial charge in [0.25, 0.3) is 0 Å². The Morgan fingerprint density at radius 2 is 2.29 bits per heavy atom. The maximum Gasteiger partial charge on any atom is 0.0217 e. The maximum atomic E-state index is 4.33. The van der Waals surface area contributed by atoms with Crippen LogP contribution in [0, 0.1) is 0 Å². The van der Waals surface area contributed by atoms with E-state index in [1.807, 2.05) is 0 Å². The smallest absolute Gasteiger partial charge is 0.0217 e. The molecule has 0 aromatic heterocycles. The zero-order valence-corrected chi connectivity index (χ0v) is 4.85. The zero-order valence-electron chi connectivity index (χ0n) is 4.85. The minimum Gasteiger partial charge on any atom is -0.239 e. The highest BCUT2D eigenvalue weighted by Crippen LogP contribution is 2.06. The van der Waals surface area contributed by atoms with Gasteiger partial charge in [-0.3, -0.25) is 0 Å². The Morgan fingerprint density at radius 3 is 2.57 bits per heavy atom. The molecule has 1 radical (unpaired) electrons. The van der Waals surface area contributed by atoms with Crippen molar-refractivity contribution in [1.82, 2.24) is 5.32 Å². The maximum absolute atomic E-state index is 4.33. The van der Waals surface area contributed by atoms with Gasteiger partial charge in [-0.2, -0.15) is 0 Å². The van der Waals surface area contributed by atoms with Gasteiger partial charge in [0.2, 0.25) is 0 Å². The summed E-state index contributed by atoms with van der Waals surface area (Å²) in [7, 11) is 0. The second-order valence-corrected chi connectivity index (χ2v) is 2.25. The van der Waals surface area contributed by atoms with Gasteiger partial charge in [-0.1, -0.05) is 6.42 Å². The molecule has 0 spiro atoms. The molecule has 1 rings (SSSR count). The van der Waals surface area contributed by atoms with E-state index in [1.165, 1.54) is 19.3 Å². The first-order valence-electron chi connectivity index (χ1n) is 3.06. The first kappa shape index (κ1) is 5.10. The third kappa shape index (κ3) is 1.48. The lowest BCUT2D eigenvalue weighted by atomic mass is 10.1. The fourth-order valence-corrected chi connectivity index (χ4v) is 0.955.